The number of carboxylic acid groups (broad SMARTS) is 1. The molecule has 0 aromatic carbocycles. The second-order valence-electron chi connectivity index (χ2n) is 3.09. The van der Waals surface area contributed by atoms with Gasteiger partial charge in [0.2, 0.25) is 0 Å². The van der Waals surface area contributed by atoms with E-state index in [0.29, 0.717) is 6.42 Å². The van der Waals surface area contributed by atoms with Crippen molar-refractivity contribution in [2.24, 2.45) is 0 Å². The smallest absolute Gasteiger partial charge is 0.320 e. The van der Waals surface area contributed by atoms with Crippen molar-refractivity contribution in [3.63, 3.8) is 0 Å². The molecule has 0 aliphatic heterocycles. The molecule has 2 atom stereocenters. The van der Waals surface area contributed by atoms with E-state index in [-0.39, 0.29) is 6.04 Å². The predicted octanol–water partition coefficient (Wildman–Crippen LogP) is 0.447. The van der Waals surface area contributed by atoms with Gasteiger partial charge in [-0.1, -0.05) is 6.92 Å². The molecule has 0 saturated heterocycles. The quantitative estimate of drug-likeness (QED) is 0.590. The minimum absolute atomic E-state index is 0.161. The first-order chi connectivity index (χ1) is 6.56. The molecule has 0 rings (SSSR count). The van der Waals surface area contributed by atoms with Gasteiger partial charge in [-0.05, 0) is 13.3 Å². The van der Waals surface area contributed by atoms with Crippen molar-refractivity contribution in [3.05, 3.63) is 0 Å². The zero-order valence-corrected chi connectivity index (χ0v) is 9.11. The van der Waals surface area contributed by atoms with Gasteiger partial charge in [0.15, 0.2) is 6.29 Å². The van der Waals surface area contributed by atoms with Gasteiger partial charge in [-0.25, -0.2) is 0 Å². The third-order valence-corrected chi connectivity index (χ3v) is 2.04. The van der Waals surface area contributed by atoms with Crippen LogP contribution in [0.15, 0.2) is 0 Å². The van der Waals surface area contributed by atoms with Crippen molar-refractivity contribution < 1.29 is 19.4 Å². The van der Waals surface area contributed by atoms with Gasteiger partial charge < -0.3 is 14.6 Å². The lowest BCUT2D eigenvalue weighted by molar-refractivity contribution is -0.143. The molecule has 84 valence electrons. The Hall–Kier alpha value is -0.650. The van der Waals surface area contributed by atoms with Gasteiger partial charge in [0, 0.05) is 14.2 Å². The summed E-state index contributed by atoms with van der Waals surface area (Å²) in [5.41, 5.74) is 0. The Morgan fingerprint density at radius 1 is 1.43 bits per heavy atom. The molecule has 0 heterocycles. The van der Waals surface area contributed by atoms with Crippen LogP contribution in [0.25, 0.3) is 0 Å². The molecule has 0 saturated carbocycles. The summed E-state index contributed by atoms with van der Waals surface area (Å²) in [7, 11) is 3.04. The standard InChI is InChI=1S/C9H19NO4/c1-5-7(8(11)12)10-6(2)9(13-3)14-4/h6-7,9-10H,5H2,1-4H3,(H,11,12). The van der Waals surface area contributed by atoms with Crippen molar-refractivity contribution in [2.45, 2.75) is 38.6 Å². The number of nitrogens with one attached hydrogen (secondary N) is 1. The Balaban J connectivity index is 4.12. The highest BCUT2D eigenvalue weighted by Gasteiger charge is 2.22. The van der Waals surface area contributed by atoms with Crippen LogP contribution in [-0.4, -0.2) is 43.7 Å². The molecule has 0 radical (unpaired) electrons. The van der Waals surface area contributed by atoms with Gasteiger partial charge in [0.1, 0.15) is 6.04 Å². The maximum absolute atomic E-state index is 10.7. The lowest BCUT2D eigenvalue weighted by Crippen LogP contribution is -2.48. The summed E-state index contributed by atoms with van der Waals surface area (Å²) >= 11 is 0. The Bertz CT molecular complexity index is 170. The van der Waals surface area contributed by atoms with Gasteiger partial charge in [-0.2, -0.15) is 0 Å². The average molecular weight is 205 g/mol. The highest BCUT2D eigenvalue weighted by Crippen LogP contribution is 2.02. The molecular weight excluding hydrogens is 186 g/mol. The van der Waals surface area contributed by atoms with E-state index < -0.39 is 18.3 Å². The van der Waals surface area contributed by atoms with Crippen LogP contribution in [0.1, 0.15) is 20.3 Å². The fourth-order valence-corrected chi connectivity index (χ4v) is 1.26. The van der Waals surface area contributed by atoms with E-state index >= 15 is 0 Å². The van der Waals surface area contributed by atoms with Crippen molar-refractivity contribution in [1.29, 1.82) is 0 Å². The van der Waals surface area contributed by atoms with E-state index in [2.05, 4.69) is 5.32 Å². The molecule has 0 aliphatic rings. The van der Waals surface area contributed by atoms with E-state index in [1.165, 1.54) is 14.2 Å². The van der Waals surface area contributed by atoms with Gasteiger partial charge in [-0.15, -0.1) is 0 Å². The van der Waals surface area contributed by atoms with Crippen LogP contribution < -0.4 is 5.32 Å². The molecule has 2 unspecified atom stereocenters. The lowest BCUT2D eigenvalue weighted by Gasteiger charge is -2.25. The summed E-state index contributed by atoms with van der Waals surface area (Å²) in [5, 5.41) is 11.7. The van der Waals surface area contributed by atoms with Crippen LogP contribution >= 0.6 is 0 Å². The first-order valence-corrected chi connectivity index (χ1v) is 4.61. The van der Waals surface area contributed by atoms with Crippen LogP contribution in [0.5, 0.6) is 0 Å². The third-order valence-electron chi connectivity index (χ3n) is 2.04. The molecule has 0 bridgehead atoms. The molecule has 14 heavy (non-hydrogen) atoms. The van der Waals surface area contributed by atoms with Crippen LogP contribution in [0.2, 0.25) is 0 Å². The van der Waals surface area contributed by atoms with Crippen LogP contribution in [-0.2, 0) is 14.3 Å². The summed E-state index contributed by atoms with van der Waals surface area (Å²) in [5.74, 6) is -0.856. The molecule has 0 aromatic heterocycles. The predicted molar refractivity (Wildman–Crippen MR) is 52.1 cm³/mol. The monoisotopic (exact) mass is 205 g/mol. The highest BCUT2D eigenvalue weighted by molar-refractivity contribution is 5.73. The molecule has 0 aromatic rings. The molecule has 0 spiro atoms. The van der Waals surface area contributed by atoms with Crippen molar-refractivity contribution in [1.82, 2.24) is 5.32 Å². The zero-order chi connectivity index (χ0) is 11.1. The maximum atomic E-state index is 10.7. The van der Waals surface area contributed by atoms with E-state index in [9.17, 15) is 4.79 Å². The average Bonchev–Trinajstić information content (AvgIpc) is 2.15. The van der Waals surface area contributed by atoms with Crippen LogP contribution in [0, 0.1) is 0 Å². The third kappa shape index (κ3) is 4.04. The topological polar surface area (TPSA) is 67.8 Å². The van der Waals surface area contributed by atoms with E-state index in [0.717, 1.165) is 0 Å². The fraction of sp³-hybridized carbons (Fsp3) is 0.889. The Kier molecular flexibility index (Phi) is 6.44. The summed E-state index contributed by atoms with van der Waals surface area (Å²) < 4.78 is 10.0. The maximum Gasteiger partial charge on any atom is 0.320 e. The van der Waals surface area contributed by atoms with Gasteiger partial charge in [0.05, 0.1) is 6.04 Å². The summed E-state index contributed by atoms with van der Waals surface area (Å²) in [6.07, 6.45) is 0.100. The second-order valence-corrected chi connectivity index (χ2v) is 3.09. The molecule has 5 heteroatoms. The molecule has 0 amide bonds. The second kappa shape index (κ2) is 6.75. The molecular formula is C9H19NO4. The SMILES string of the molecule is CCC(NC(C)C(OC)OC)C(=O)O. The largest absolute Gasteiger partial charge is 0.480 e. The first-order valence-electron chi connectivity index (χ1n) is 4.61. The van der Waals surface area contributed by atoms with Crippen LogP contribution in [0.3, 0.4) is 0 Å². The summed E-state index contributed by atoms with van der Waals surface area (Å²) in [6.45, 7) is 3.64. The first kappa shape index (κ1) is 13.4. The lowest BCUT2D eigenvalue weighted by atomic mass is 10.2. The molecule has 0 fully saturated rings. The van der Waals surface area contributed by atoms with Gasteiger partial charge in [0.25, 0.3) is 0 Å². The zero-order valence-electron chi connectivity index (χ0n) is 9.11. The van der Waals surface area contributed by atoms with Gasteiger partial charge >= 0.3 is 5.97 Å². The van der Waals surface area contributed by atoms with E-state index in [1.807, 2.05) is 13.8 Å². The number of aliphatic carboxylic acids is 1. The number of hydrogen-bond donors (Lipinski definition) is 2. The van der Waals surface area contributed by atoms with E-state index in [1.54, 1.807) is 0 Å². The molecule has 2 N–H and O–H groups in total. The molecule has 0 aliphatic carbocycles. The van der Waals surface area contributed by atoms with Crippen molar-refractivity contribution >= 4 is 5.97 Å². The number of rotatable bonds is 7. The van der Waals surface area contributed by atoms with E-state index in [4.69, 9.17) is 14.6 Å². The number of carbonyl (C=O) groups is 1. The fourth-order valence-electron chi connectivity index (χ4n) is 1.26. The molecule has 5 nitrogen and oxygen atoms in total. The number of hydrogen-bond acceptors (Lipinski definition) is 4. The Morgan fingerprint density at radius 3 is 2.21 bits per heavy atom. The Morgan fingerprint density at radius 2 is 1.93 bits per heavy atom. The van der Waals surface area contributed by atoms with Crippen molar-refractivity contribution in [2.75, 3.05) is 14.2 Å². The van der Waals surface area contributed by atoms with Crippen LogP contribution in [0.4, 0.5) is 0 Å². The number of carboxylic acids is 1. The summed E-state index contributed by atoms with van der Waals surface area (Å²) in [4.78, 5) is 10.7. The minimum Gasteiger partial charge on any atom is -0.480 e. The van der Waals surface area contributed by atoms with Crippen molar-refractivity contribution in [3.8, 4) is 0 Å². The Labute approximate surface area is 84.4 Å². The minimum atomic E-state index is -0.856. The van der Waals surface area contributed by atoms with Gasteiger partial charge in [-0.3, -0.25) is 10.1 Å². The number of ether oxygens (including phenoxy) is 2. The summed E-state index contributed by atoms with van der Waals surface area (Å²) in [6, 6.07) is -0.719. The highest BCUT2D eigenvalue weighted by atomic mass is 16.7. The number of methoxy groups -OCH3 is 2. The normalized spacial score (nSPS) is 15.5.